The molecule has 0 aromatic heterocycles. The van der Waals surface area contributed by atoms with Crippen LogP contribution in [-0.2, 0) is 24.5 Å². The molecule has 4 aromatic rings. The normalized spacial score (nSPS) is 24.6. The van der Waals surface area contributed by atoms with Crippen molar-refractivity contribution in [1.82, 2.24) is 4.90 Å². The second-order valence-electron chi connectivity index (χ2n) is 12.3. The van der Waals surface area contributed by atoms with Crippen LogP contribution < -0.4 is 5.32 Å². The molecule has 7 rings (SSSR count). The summed E-state index contributed by atoms with van der Waals surface area (Å²) in [6, 6.07) is 26.2. The quantitative estimate of drug-likeness (QED) is 0.215. The molecule has 47 heavy (non-hydrogen) atoms. The molecule has 3 heterocycles. The summed E-state index contributed by atoms with van der Waals surface area (Å²) in [5, 5.41) is 15.8. The first-order valence-electron chi connectivity index (χ1n) is 15.5. The summed E-state index contributed by atoms with van der Waals surface area (Å²) in [6.45, 7) is 0.520. The molecule has 0 bridgehead atoms. The summed E-state index contributed by atoms with van der Waals surface area (Å²) in [4.78, 5) is 31.4. The van der Waals surface area contributed by atoms with Crippen molar-refractivity contribution in [1.29, 1.82) is 0 Å². The van der Waals surface area contributed by atoms with Gasteiger partial charge in [-0.25, -0.2) is 4.39 Å². The molecule has 2 saturated heterocycles. The maximum Gasteiger partial charge on any atom is 0.323 e. The number of carbonyl (C=O) groups excluding carboxylic acids is 2. The molecule has 0 saturated carbocycles. The predicted molar refractivity (Wildman–Crippen MR) is 177 cm³/mol. The lowest BCUT2D eigenvalue weighted by Gasteiger charge is -2.53. The maximum atomic E-state index is 16.5. The van der Waals surface area contributed by atoms with Gasteiger partial charge in [-0.1, -0.05) is 102 Å². The molecule has 0 radical (unpaired) electrons. The fourth-order valence-electron chi connectivity index (χ4n) is 8.55. The number of nitrogens with one attached hydrogen (secondary N) is 1. The second kappa shape index (κ2) is 12.3. The summed E-state index contributed by atoms with van der Waals surface area (Å²) >= 11 is 12.9. The molecule has 4 aromatic carbocycles. The third-order valence-electron chi connectivity index (χ3n) is 10.3. The van der Waals surface area contributed by atoms with Crippen molar-refractivity contribution >= 4 is 40.8 Å². The van der Waals surface area contributed by atoms with Crippen molar-refractivity contribution in [2.45, 2.75) is 47.9 Å². The molecule has 2 fully saturated rings. The van der Waals surface area contributed by atoms with Crippen LogP contribution in [0.3, 0.4) is 0 Å². The van der Waals surface area contributed by atoms with Crippen LogP contribution in [0.25, 0.3) is 0 Å². The van der Waals surface area contributed by atoms with Gasteiger partial charge >= 0.3 is 5.97 Å². The summed E-state index contributed by atoms with van der Waals surface area (Å²) in [5.74, 6) is -2.94. The Morgan fingerprint density at radius 3 is 2.30 bits per heavy atom. The Morgan fingerprint density at radius 1 is 0.979 bits per heavy atom. The van der Waals surface area contributed by atoms with Crippen LogP contribution in [0.15, 0.2) is 97.1 Å². The van der Waals surface area contributed by atoms with Crippen molar-refractivity contribution in [2.75, 3.05) is 25.6 Å². The molecule has 1 unspecified atom stereocenters. The fourth-order valence-corrected chi connectivity index (χ4v) is 8.90. The molecule has 242 valence electrons. The molecular weight excluding hydrogens is 642 g/mol. The van der Waals surface area contributed by atoms with Crippen molar-refractivity contribution in [3.05, 3.63) is 135 Å². The number of esters is 1. The standard InChI is InChI=1S/C37H33Cl2FN2O5/c1-46-34(44)32-29(25-13-8-14-27(39)30(25)40)37(26-16-15-24(38)21-28(26)41-35(37)45)36(17-19-47-20-18-36)42(32)31(22-9-4-2-5-10-22)33(43)23-11-6-3-7-12-23/h2-16,21,29,31-33,43H,17-20H2,1H3,(H,41,45)/t29?,31-,32-,33+,37-/m1/s1. The number of benzene rings is 4. The third kappa shape index (κ3) is 4.72. The molecule has 3 aliphatic heterocycles. The number of nitrogens with zero attached hydrogens (tertiary/aromatic N) is 1. The minimum Gasteiger partial charge on any atom is -0.468 e. The molecule has 5 atom stereocenters. The Morgan fingerprint density at radius 2 is 1.64 bits per heavy atom. The van der Waals surface area contributed by atoms with Crippen LogP contribution in [0.4, 0.5) is 10.1 Å². The van der Waals surface area contributed by atoms with Crippen LogP contribution >= 0.6 is 23.2 Å². The number of ether oxygens (including phenoxy) is 2. The first-order chi connectivity index (χ1) is 22.8. The summed E-state index contributed by atoms with van der Waals surface area (Å²) in [6.07, 6.45) is -0.585. The molecule has 7 nitrogen and oxygen atoms in total. The average Bonchev–Trinajstić information content (AvgIpc) is 3.52. The highest BCUT2D eigenvalue weighted by Gasteiger charge is 2.77. The topological polar surface area (TPSA) is 88.1 Å². The number of anilines is 1. The Kier molecular flexibility index (Phi) is 8.35. The van der Waals surface area contributed by atoms with Gasteiger partial charge < -0.3 is 19.9 Å². The number of likely N-dealkylation sites (tertiary alicyclic amines) is 1. The average molecular weight is 676 g/mol. The highest BCUT2D eigenvalue weighted by atomic mass is 35.5. The van der Waals surface area contributed by atoms with Gasteiger partial charge in [0.15, 0.2) is 0 Å². The summed E-state index contributed by atoms with van der Waals surface area (Å²) in [7, 11) is 1.28. The van der Waals surface area contributed by atoms with Gasteiger partial charge in [0.05, 0.1) is 24.3 Å². The van der Waals surface area contributed by atoms with E-state index in [-0.39, 0.29) is 23.8 Å². The first-order valence-corrected chi connectivity index (χ1v) is 16.3. The first kappa shape index (κ1) is 31.8. The Balaban J connectivity index is 1.62. The highest BCUT2D eigenvalue weighted by molar-refractivity contribution is 6.31. The SMILES string of the molecule is COC(=O)[C@H]1C(c2cccc(Cl)c2F)[C@]2(C(=O)Nc3cc(Cl)ccc32)C2(CCOCC2)N1[C@H](c1ccccc1)[C@@H](O)c1ccccc1. The van der Waals surface area contributed by atoms with E-state index in [1.165, 1.54) is 13.2 Å². The van der Waals surface area contributed by atoms with E-state index in [1.807, 2.05) is 65.6 Å². The third-order valence-corrected chi connectivity index (χ3v) is 10.8. The lowest BCUT2D eigenvalue weighted by atomic mass is 9.56. The van der Waals surface area contributed by atoms with E-state index < -0.39 is 52.8 Å². The Bertz CT molecular complexity index is 1820. The smallest absolute Gasteiger partial charge is 0.323 e. The lowest BCUT2D eigenvalue weighted by molar-refractivity contribution is -0.155. The zero-order chi connectivity index (χ0) is 32.9. The lowest BCUT2D eigenvalue weighted by Crippen LogP contribution is -2.64. The molecular formula is C37H33Cl2FN2O5. The number of hydrogen-bond acceptors (Lipinski definition) is 6. The van der Waals surface area contributed by atoms with Gasteiger partial charge in [0.25, 0.3) is 0 Å². The molecule has 10 heteroatoms. The summed E-state index contributed by atoms with van der Waals surface area (Å²) < 4.78 is 28.0. The second-order valence-corrected chi connectivity index (χ2v) is 13.1. The minimum atomic E-state index is -1.56. The molecule has 2 N–H and O–H groups in total. The number of fused-ring (bicyclic) bond motifs is 3. The van der Waals surface area contributed by atoms with Crippen LogP contribution in [-0.4, -0.2) is 53.8 Å². The van der Waals surface area contributed by atoms with Crippen LogP contribution in [0, 0.1) is 5.82 Å². The van der Waals surface area contributed by atoms with Crippen molar-refractivity contribution < 1.29 is 28.6 Å². The largest absolute Gasteiger partial charge is 0.468 e. The molecule has 3 aliphatic rings. The minimum absolute atomic E-state index is 0.0974. The monoisotopic (exact) mass is 674 g/mol. The van der Waals surface area contributed by atoms with Gasteiger partial charge in [0.2, 0.25) is 5.91 Å². The van der Waals surface area contributed by atoms with Crippen molar-refractivity contribution in [2.24, 2.45) is 0 Å². The van der Waals surface area contributed by atoms with Gasteiger partial charge in [-0.2, -0.15) is 0 Å². The fraction of sp³-hybridized carbons (Fsp3) is 0.297. The number of aliphatic hydroxyl groups excluding tert-OH is 1. The molecule has 0 aliphatic carbocycles. The van der Waals surface area contributed by atoms with Gasteiger partial charge in [0.1, 0.15) is 17.3 Å². The number of halogens is 3. The number of amides is 1. The zero-order valence-corrected chi connectivity index (χ0v) is 27.0. The number of hydrogen-bond donors (Lipinski definition) is 2. The van der Waals surface area contributed by atoms with E-state index in [9.17, 15) is 9.90 Å². The summed E-state index contributed by atoms with van der Waals surface area (Å²) in [5.41, 5.74) is -0.280. The van der Waals surface area contributed by atoms with Crippen molar-refractivity contribution in [3.63, 3.8) is 0 Å². The molecule has 2 spiro atoms. The predicted octanol–water partition coefficient (Wildman–Crippen LogP) is 6.99. The van der Waals surface area contributed by atoms with Crippen LogP contribution in [0.5, 0.6) is 0 Å². The van der Waals surface area contributed by atoms with E-state index in [1.54, 1.807) is 30.3 Å². The van der Waals surface area contributed by atoms with Gasteiger partial charge in [-0.3, -0.25) is 14.5 Å². The molecule has 1 amide bonds. The van der Waals surface area contributed by atoms with Crippen LogP contribution in [0.1, 0.15) is 53.2 Å². The number of rotatable bonds is 6. The number of methoxy groups -OCH3 is 1. The highest BCUT2D eigenvalue weighted by Crippen LogP contribution is 2.68. The number of carbonyl (C=O) groups is 2. The number of aliphatic hydroxyl groups is 1. The zero-order valence-electron chi connectivity index (χ0n) is 25.5. The van der Waals surface area contributed by atoms with E-state index in [0.717, 1.165) is 0 Å². The maximum absolute atomic E-state index is 16.5. The van der Waals surface area contributed by atoms with Gasteiger partial charge in [-0.05, 0) is 53.3 Å². The van der Waals surface area contributed by atoms with Crippen molar-refractivity contribution in [3.8, 4) is 0 Å². The van der Waals surface area contributed by atoms with Gasteiger partial charge in [0, 0.05) is 35.4 Å². The van der Waals surface area contributed by atoms with E-state index in [0.29, 0.717) is 40.2 Å². The van der Waals surface area contributed by atoms with E-state index >= 15 is 9.18 Å². The van der Waals surface area contributed by atoms with E-state index in [2.05, 4.69) is 5.32 Å². The van der Waals surface area contributed by atoms with Gasteiger partial charge in [-0.15, -0.1) is 0 Å². The van der Waals surface area contributed by atoms with E-state index in [4.69, 9.17) is 32.7 Å². The van der Waals surface area contributed by atoms with Crippen LogP contribution in [0.2, 0.25) is 10.0 Å². The Labute approximate surface area is 282 Å². The Hall–Kier alpha value is -3.79.